The molecule has 4 aliphatic rings. The molecule has 0 amide bonds. The fourth-order valence-corrected chi connectivity index (χ4v) is 4.45. The molecule has 4 unspecified atom stereocenters. The first-order valence-electron chi connectivity index (χ1n) is 7.73. The second kappa shape index (κ2) is 4.63. The van der Waals surface area contributed by atoms with Gasteiger partial charge in [0, 0.05) is 5.92 Å². The molecule has 1 fully saturated rings. The summed E-state index contributed by atoms with van der Waals surface area (Å²) in [6.45, 7) is 0. The zero-order valence-electron chi connectivity index (χ0n) is 11.6. The maximum atomic E-state index is 9.26. The van der Waals surface area contributed by atoms with E-state index in [1.807, 2.05) is 0 Å². The van der Waals surface area contributed by atoms with Gasteiger partial charge in [-0.2, -0.15) is 5.26 Å². The van der Waals surface area contributed by atoms with Gasteiger partial charge in [0.2, 0.25) is 0 Å². The molecule has 4 aliphatic carbocycles. The topological polar surface area (TPSA) is 23.8 Å². The first kappa shape index (κ1) is 12.0. The SMILES string of the molecule is N#CC1C=C2C3=CC=CCC3C3=CC=CCC3C2CC1. The van der Waals surface area contributed by atoms with E-state index in [1.165, 1.54) is 24.0 Å². The molecule has 0 aromatic carbocycles. The average Bonchev–Trinajstić information content (AvgIpc) is 2.54. The third kappa shape index (κ3) is 1.68. The highest BCUT2D eigenvalue weighted by Crippen LogP contribution is 2.53. The summed E-state index contributed by atoms with van der Waals surface area (Å²) in [7, 11) is 0. The van der Waals surface area contributed by atoms with E-state index in [2.05, 4.69) is 48.6 Å². The van der Waals surface area contributed by atoms with Crippen molar-refractivity contribution in [3.8, 4) is 6.07 Å². The number of fused-ring (bicyclic) bond motifs is 6. The summed E-state index contributed by atoms with van der Waals surface area (Å²) in [6.07, 6.45) is 20.5. The van der Waals surface area contributed by atoms with Crippen LogP contribution in [0.5, 0.6) is 0 Å². The van der Waals surface area contributed by atoms with Crippen LogP contribution in [0.4, 0.5) is 0 Å². The lowest BCUT2D eigenvalue weighted by atomic mass is 9.58. The Balaban J connectivity index is 1.84. The lowest BCUT2D eigenvalue weighted by Gasteiger charge is -2.46. The van der Waals surface area contributed by atoms with Crippen LogP contribution in [0, 0.1) is 35.0 Å². The van der Waals surface area contributed by atoms with Crippen LogP contribution in [0.3, 0.4) is 0 Å². The molecule has 1 nitrogen and oxygen atoms in total. The number of rotatable bonds is 0. The minimum Gasteiger partial charge on any atom is -0.198 e. The van der Waals surface area contributed by atoms with Gasteiger partial charge in [0.05, 0.1) is 12.0 Å². The quantitative estimate of drug-likeness (QED) is 0.630. The van der Waals surface area contributed by atoms with E-state index in [4.69, 9.17) is 0 Å². The maximum Gasteiger partial charge on any atom is 0.0697 e. The lowest BCUT2D eigenvalue weighted by molar-refractivity contribution is 0.323. The first-order chi connectivity index (χ1) is 9.88. The molecular weight excluding hydrogens is 242 g/mol. The molecule has 20 heavy (non-hydrogen) atoms. The van der Waals surface area contributed by atoms with E-state index in [9.17, 15) is 5.26 Å². The van der Waals surface area contributed by atoms with Gasteiger partial charge in [0.1, 0.15) is 0 Å². The second-order valence-electron chi connectivity index (χ2n) is 6.32. The van der Waals surface area contributed by atoms with Gasteiger partial charge >= 0.3 is 0 Å². The zero-order chi connectivity index (χ0) is 13.5. The highest BCUT2D eigenvalue weighted by Gasteiger charge is 2.42. The second-order valence-corrected chi connectivity index (χ2v) is 6.32. The minimum absolute atomic E-state index is 0.123. The normalized spacial score (nSPS) is 37.6. The summed E-state index contributed by atoms with van der Waals surface area (Å²) in [5.41, 5.74) is 4.63. The van der Waals surface area contributed by atoms with Crippen molar-refractivity contribution in [1.29, 1.82) is 5.26 Å². The molecule has 0 radical (unpaired) electrons. The zero-order valence-corrected chi connectivity index (χ0v) is 11.6. The Morgan fingerprint density at radius 2 is 1.80 bits per heavy atom. The van der Waals surface area contributed by atoms with Crippen molar-refractivity contribution in [2.75, 3.05) is 0 Å². The van der Waals surface area contributed by atoms with Gasteiger partial charge in [-0.3, -0.25) is 0 Å². The molecule has 1 heteroatoms. The van der Waals surface area contributed by atoms with E-state index < -0.39 is 0 Å². The predicted molar refractivity (Wildman–Crippen MR) is 80.6 cm³/mol. The summed E-state index contributed by atoms with van der Waals surface area (Å²) in [6, 6.07) is 2.45. The summed E-state index contributed by atoms with van der Waals surface area (Å²) in [5, 5.41) is 9.26. The van der Waals surface area contributed by atoms with Crippen LogP contribution in [-0.2, 0) is 0 Å². The summed E-state index contributed by atoms with van der Waals surface area (Å²) < 4.78 is 0. The Kier molecular flexibility index (Phi) is 2.77. The maximum absolute atomic E-state index is 9.26. The average molecular weight is 261 g/mol. The van der Waals surface area contributed by atoms with Gasteiger partial charge in [-0.1, -0.05) is 48.1 Å². The highest BCUT2D eigenvalue weighted by molar-refractivity contribution is 5.51. The van der Waals surface area contributed by atoms with Crippen LogP contribution in [0.25, 0.3) is 0 Å². The number of allylic oxidation sites excluding steroid dienone is 10. The molecule has 0 aromatic rings. The van der Waals surface area contributed by atoms with E-state index in [1.54, 1.807) is 5.57 Å². The third-order valence-corrected chi connectivity index (χ3v) is 5.36. The minimum atomic E-state index is 0.123. The van der Waals surface area contributed by atoms with Crippen molar-refractivity contribution in [3.05, 3.63) is 59.3 Å². The Morgan fingerprint density at radius 3 is 2.70 bits per heavy atom. The molecular formula is C19H19N. The molecule has 0 heterocycles. The fraction of sp³-hybridized carbons (Fsp3) is 0.421. The van der Waals surface area contributed by atoms with E-state index in [0.29, 0.717) is 17.8 Å². The van der Waals surface area contributed by atoms with E-state index in [0.717, 1.165) is 12.8 Å². The van der Waals surface area contributed by atoms with Crippen LogP contribution in [0.2, 0.25) is 0 Å². The van der Waals surface area contributed by atoms with E-state index in [-0.39, 0.29) is 5.92 Å². The van der Waals surface area contributed by atoms with Gasteiger partial charge in [0.25, 0.3) is 0 Å². The highest BCUT2D eigenvalue weighted by atomic mass is 14.5. The van der Waals surface area contributed by atoms with E-state index >= 15 is 0 Å². The lowest BCUT2D eigenvalue weighted by Crippen LogP contribution is -2.35. The summed E-state index contributed by atoms with van der Waals surface area (Å²) in [4.78, 5) is 0. The molecule has 0 spiro atoms. The van der Waals surface area contributed by atoms with Crippen molar-refractivity contribution in [2.45, 2.75) is 25.7 Å². The Morgan fingerprint density at radius 1 is 0.950 bits per heavy atom. The number of hydrogen-bond acceptors (Lipinski definition) is 1. The molecule has 1 saturated carbocycles. The van der Waals surface area contributed by atoms with Crippen molar-refractivity contribution in [3.63, 3.8) is 0 Å². The Bertz CT molecular complexity index is 621. The van der Waals surface area contributed by atoms with Crippen molar-refractivity contribution >= 4 is 0 Å². The largest absolute Gasteiger partial charge is 0.198 e. The van der Waals surface area contributed by atoms with Gasteiger partial charge < -0.3 is 0 Å². The van der Waals surface area contributed by atoms with Crippen LogP contribution >= 0.6 is 0 Å². The van der Waals surface area contributed by atoms with Crippen molar-refractivity contribution in [1.82, 2.24) is 0 Å². The summed E-state index contributed by atoms with van der Waals surface area (Å²) >= 11 is 0. The van der Waals surface area contributed by atoms with Crippen LogP contribution in [0.1, 0.15) is 25.7 Å². The monoisotopic (exact) mass is 261 g/mol. The molecule has 0 aliphatic heterocycles. The van der Waals surface area contributed by atoms with Gasteiger partial charge in [0.15, 0.2) is 0 Å². The molecule has 0 aromatic heterocycles. The van der Waals surface area contributed by atoms with Gasteiger partial charge in [-0.05, 0) is 48.7 Å². The number of nitrogens with zero attached hydrogens (tertiary/aromatic N) is 1. The van der Waals surface area contributed by atoms with Crippen LogP contribution < -0.4 is 0 Å². The van der Waals surface area contributed by atoms with Crippen LogP contribution in [0.15, 0.2) is 59.3 Å². The Labute approximate surface area is 120 Å². The summed E-state index contributed by atoms with van der Waals surface area (Å²) in [5.74, 6) is 2.01. The molecule has 4 rings (SSSR count). The molecule has 100 valence electrons. The standard InChI is InChI=1S/C19H19N/c20-12-13-9-10-18-16-7-2-1-5-14(16)15-6-3-4-8-17(15)19(18)11-13/h1-5,8,11,13,15-16,18H,6-7,9-10H2. The number of hydrogen-bond donors (Lipinski definition) is 0. The smallest absolute Gasteiger partial charge is 0.0697 e. The third-order valence-electron chi connectivity index (χ3n) is 5.36. The molecule has 0 bridgehead atoms. The fourth-order valence-electron chi connectivity index (χ4n) is 4.45. The van der Waals surface area contributed by atoms with Crippen molar-refractivity contribution < 1.29 is 0 Å². The first-order valence-corrected chi connectivity index (χ1v) is 7.73. The van der Waals surface area contributed by atoms with Gasteiger partial charge in [-0.15, -0.1) is 0 Å². The number of nitriles is 1. The van der Waals surface area contributed by atoms with Crippen LogP contribution in [-0.4, -0.2) is 0 Å². The molecule has 4 atom stereocenters. The Hall–Kier alpha value is -1.81. The predicted octanol–water partition coefficient (Wildman–Crippen LogP) is 4.48. The molecule has 0 saturated heterocycles. The van der Waals surface area contributed by atoms with Crippen molar-refractivity contribution in [2.24, 2.45) is 23.7 Å². The van der Waals surface area contributed by atoms with Gasteiger partial charge in [-0.25, -0.2) is 0 Å². The molecule has 0 N–H and O–H groups in total.